The van der Waals surface area contributed by atoms with Gasteiger partial charge in [0.05, 0.1) is 16.8 Å². The molecule has 1 saturated heterocycles. The number of hydrogen-bond donors (Lipinski definition) is 0. The molecule has 3 aromatic rings. The highest BCUT2D eigenvalue weighted by Gasteiger charge is 2.26. The highest BCUT2D eigenvalue weighted by atomic mass is 35.5. The minimum atomic E-state index is 0.0236. The van der Waals surface area contributed by atoms with Gasteiger partial charge in [-0.2, -0.15) is 0 Å². The van der Waals surface area contributed by atoms with E-state index in [1.165, 1.54) is 11.3 Å². The lowest BCUT2D eigenvalue weighted by atomic mass is 10.1. The van der Waals surface area contributed by atoms with Gasteiger partial charge < -0.3 is 14.7 Å². The van der Waals surface area contributed by atoms with Crippen LogP contribution in [0.2, 0.25) is 5.02 Å². The van der Waals surface area contributed by atoms with Crippen molar-refractivity contribution in [1.29, 1.82) is 0 Å². The monoisotopic (exact) mass is 436 g/mol. The fourth-order valence-electron chi connectivity index (χ4n) is 4.34. The third kappa shape index (κ3) is 4.33. The van der Waals surface area contributed by atoms with E-state index in [1.807, 2.05) is 36.9 Å². The van der Waals surface area contributed by atoms with E-state index >= 15 is 0 Å². The molecule has 0 aliphatic carbocycles. The normalized spacial score (nSPS) is 14.2. The number of hydrogen-bond acceptors (Lipinski definition) is 4. The number of anilines is 2. The van der Waals surface area contributed by atoms with Crippen LogP contribution in [0.4, 0.5) is 11.4 Å². The molecule has 4 rings (SSSR count). The molecule has 31 heavy (non-hydrogen) atoms. The predicted octanol–water partition coefficient (Wildman–Crippen LogP) is 5.01. The zero-order valence-electron chi connectivity index (χ0n) is 18.4. The van der Waals surface area contributed by atoms with Crippen LogP contribution in [0.15, 0.2) is 48.7 Å². The molecule has 162 valence electrons. The minimum absolute atomic E-state index is 0.0236. The van der Waals surface area contributed by atoms with Crippen LogP contribution in [0.1, 0.15) is 29.8 Å². The van der Waals surface area contributed by atoms with Crippen molar-refractivity contribution in [1.82, 2.24) is 9.88 Å². The second-order valence-corrected chi connectivity index (χ2v) is 8.41. The van der Waals surface area contributed by atoms with Crippen molar-refractivity contribution in [3.05, 3.63) is 64.8 Å². The average Bonchev–Trinajstić information content (AvgIpc) is 2.79. The predicted molar refractivity (Wildman–Crippen MR) is 130 cm³/mol. The Kier molecular flexibility index (Phi) is 6.33. The maximum atomic E-state index is 13.3. The van der Waals surface area contributed by atoms with Crippen LogP contribution in [-0.2, 0) is 0 Å². The number of carbonyl (C=O) groups is 1. The number of rotatable bonds is 5. The van der Waals surface area contributed by atoms with Crippen LogP contribution < -0.4 is 9.80 Å². The zero-order valence-corrected chi connectivity index (χ0v) is 19.2. The van der Waals surface area contributed by atoms with Crippen LogP contribution in [0.5, 0.6) is 0 Å². The Labute approximate surface area is 189 Å². The lowest BCUT2D eigenvalue weighted by molar-refractivity contribution is 0.0773. The van der Waals surface area contributed by atoms with Gasteiger partial charge in [-0.05, 0) is 56.7 Å². The summed E-state index contributed by atoms with van der Waals surface area (Å²) in [6, 6.07) is 14.3. The van der Waals surface area contributed by atoms with E-state index < -0.39 is 0 Å². The Bertz CT molecular complexity index is 1090. The summed E-state index contributed by atoms with van der Waals surface area (Å²) in [6.07, 6.45) is 1.74. The molecule has 1 fully saturated rings. The highest BCUT2D eigenvalue weighted by molar-refractivity contribution is 6.31. The first kappa shape index (κ1) is 21.4. The Hall–Kier alpha value is -2.79. The smallest absolute Gasteiger partial charge is 0.257 e. The molecule has 1 aliphatic heterocycles. The van der Waals surface area contributed by atoms with Gasteiger partial charge in [0.25, 0.3) is 5.91 Å². The summed E-state index contributed by atoms with van der Waals surface area (Å²) < 4.78 is 0. The minimum Gasteiger partial charge on any atom is -0.368 e. The van der Waals surface area contributed by atoms with E-state index in [9.17, 15) is 4.79 Å². The molecule has 0 unspecified atom stereocenters. The van der Waals surface area contributed by atoms with Crippen molar-refractivity contribution in [3.63, 3.8) is 0 Å². The number of piperazine rings is 1. The molecule has 1 amide bonds. The maximum Gasteiger partial charge on any atom is 0.257 e. The van der Waals surface area contributed by atoms with Crippen molar-refractivity contribution in [3.8, 4) is 0 Å². The van der Waals surface area contributed by atoms with Crippen molar-refractivity contribution in [2.75, 3.05) is 49.1 Å². The standard InChI is InChI=1S/C25H29ClN4O/c1-4-28(5-2)25(31)22-17-27-23-10-9-19(26)16-21(23)24(22)30-13-11-29(12-14-30)20-8-6-7-18(3)15-20/h6-10,15-17H,4-5,11-14H2,1-3H3. The van der Waals surface area contributed by atoms with Gasteiger partial charge in [0.15, 0.2) is 0 Å². The highest BCUT2D eigenvalue weighted by Crippen LogP contribution is 2.33. The molecule has 0 bridgehead atoms. The number of amides is 1. The Morgan fingerprint density at radius 3 is 2.42 bits per heavy atom. The van der Waals surface area contributed by atoms with E-state index in [-0.39, 0.29) is 5.91 Å². The Balaban J connectivity index is 1.71. The lowest BCUT2D eigenvalue weighted by Gasteiger charge is -2.38. The second kappa shape index (κ2) is 9.15. The molecule has 1 aliphatic rings. The van der Waals surface area contributed by atoms with Gasteiger partial charge in [-0.25, -0.2) is 0 Å². The molecule has 2 heterocycles. The molecule has 5 nitrogen and oxygen atoms in total. The first-order valence-electron chi connectivity index (χ1n) is 11.0. The third-order valence-electron chi connectivity index (χ3n) is 6.05. The van der Waals surface area contributed by atoms with Crippen molar-refractivity contribution in [2.24, 2.45) is 0 Å². The van der Waals surface area contributed by atoms with Gasteiger partial charge in [-0.3, -0.25) is 9.78 Å². The summed E-state index contributed by atoms with van der Waals surface area (Å²) in [5, 5.41) is 1.59. The van der Waals surface area contributed by atoms with Gasteiger partial charge in [0.1, 0.15) is 0 Å². The number of nitrogens with zero attached hydrogens (tertiary/aromatic N) is 4. The van der Waals surface area contributed by atoms with Gasteiger partial charge in [0.2, 0.25) is 0 Å². The largest absolute Gasteiger partial charge is 0.368 e. The lowest BCUT2D eigenvalue weighted by Crippen LogP contribution is -2.47. The first-order valence-corrected chi connectivity index (χ1v) is 11.3. The molecule has 0 atom stereocenters. The number of fused-ring (bicyclic) bond motifs is 1. The van der Waals surface area contributed by atoms with Crippen LogP contribution >= 0.6 is 11.6 Å². The average molecular weight is 437 g/mol. The van der Waals surface area contributed by atoms with E-state index in [0.717, 1.165) is 42.8 Å². The molecular formula is C25H29ClN4O. The number of pyridine rings is 1. The summed E-state index contributed by atoms with van der Waals surface area (Å²) >= 11 is 6.35. The topological polar surface area (TPSA) is 39.7 Å². The molecular weight excluding hydrogens is 408 g/mol. The zero-order chi connectivity index (χ0) is 22.0. The van der Waals surface area contributed by atoms with Crippen molar-refractivity contribution < 1.29 is 4.79 Å². The Morgan fingerprint density at radius 2 is 1.74 bits per heavy atom. The number of halogens is 1. The summed E-state index contributed by atoms with van der Waals surface area (Å²) in [4.78, 5) is 24.5. The third-order valence-corrected chi connectivity index (χ3v) is 6.28. The second-order valence-electron chi connectivity index (χ2n) is 7.97. The number of aromatic nitrogens is 1. The van der Waals surface area contributed by atoms with Crippen LogP contribution in [-0.4, -0.2) is 55.1 Å². The van der Waals surface area contributed by atoms with Gasteiger partial charge in [0, 0.05) is 61.6 Å². The SMILES string of the molecule is CCN(CC)C(=O)c1cnc2ccc(Cl)cc2c1N1CCN(c2cccc(C)c2)CC1. The molecule has 0 saturated carbocycles. The Morgan fingerprint density at radius 1 is 1.03 bits per heavy atom. The number of carbonyl (C=O) groups excluding carboxylic acids is 1. The fraction of sp³-hybridized carbons (Fsp3) is 0.360. The van der Waals surface area contributed by atoms with Gasteiger partial charge in [-0.15, -0.1) is 0 Å². The maximum absolute atomic E-state index is 13.3. The quantitative estimate of drug-likeness (QED) is 0.564. The summed E-state index contributed by atoms with van der Waals surface area (Å²) in [5.41, 5.74) is 4.98. The first-order chi connectivity index (χ1) is 15.0. The molecule has 2 aromatic carbocycles. The molecule has 6 heteroatoms. The van der Waals surface area contributed by atoms with E-state index in [1.54, 1.807) is 6.20 Å². The molecule has 0 spiro atoms. The number of aryl methyl sites for hydroxylation is 1. The van der Waals surface area contributed by atoms with E-state index in [4.69, 9.17) is 11.6 Å². The van der Waals surface area contributed by atoms with Gasteiger partial charge >= 0.3 is 0 Å². The van der Waals surface area contributed by atoms with E-state index in [2.05, 4.69) is 46.0 Å². The summed E-state index contributed by atoms with van der Waals surface area (Å²) in [7, 11) is 0. The molecule has 0 N–H and O–H groups in total. The fourth-order valence-corrected chi connectivity index (χ4v) is 4.51. The van der Waals surface area contributed by atoms with Crippen LogP contribution in [0.25, 0.3) is 10.9 Å². The van der Waals surface area contributed by atoms with Crippen molar-refractivity contribution >= 4 is 39.8 Å². The number of benzene rings is 2. The van der Waals surface area contributed by atoms with Crippen LogP contribution in [0, 0.1) is 6.92 Å². The van der Waals surface area contributed by atoms with Gasteiger partial charge in [-0.1, -0.05) is 23.7 Å². The summed E-state index contributed by atoms with van der Waals surface area (Å²) in [6.45, 7) is 10.9. The van der Waals surface area contributed by atoms with Crippen LogP contribution in [0.3, 0.4) is 0 Å². The summed E-state index contributed by atoms with van der Waals surface area (Å²) in [5.74, 6) is 0.0236. The molecule has 1 aromatic heterocycles. The molecule has 0 radical (unpaired) electrons. The van der Waals surface area contributed by atoms with E-state index in [0.29, 0.717) is 23.7 Å². The van der Waals surface area contributed by atoms with Crippen molar-refractivity contribution in [2.45, 2.75) is 20.8 Å².